The van der Waals surface area contributed by atoms with Crippen molar-refractivity contribution < 1.29 is 19.7 Å². The van der Waals surface area contributed by atoms with Gasteiger partial charge in [-0.25, -0.2) is 0 Å². The van der Waals surface area contributed by atoms with Gasteiger partial charge in [-0.1, -0.05) is 6.08 Å². The van der Waals surface area contributed by atoms with Crippen LogP contribution < -0.4 is 0 Å². The van der Waals surface area contributed by atoms with Crippen LogP contribution >= 0.6 is 0 Å². The van der Waals surface area contributed by atoms with Crippen LogP contribution in [-0.4, -0.2) is 35.5 Å². The van der Waals surface area contributed by atoms with Crippen molar-refractivity contribution in [3.8, 4) is 0 Å². The molecule has 4 nitrogen and oxygen atoms in total. The number of ether oxygens (including phenoxy) is 1. The van der Waals surface area contributed by atoms with Crippen LogP contribution in [0.1, 0.15) is 12.8 Å². The van der Waals surface area contributed by atoms with Gasteiger partial charge in [0.2, 0.25) is 0 Å². The van der Waals surface area contributed by atoms with E-state index in [1.807, 2.05) is 0 Å². The highest BCUT2D eigenvalue weighted by atomic mass is 16.5. The molecule has 0 saturated carbocycles. The van der Waals surface area contributed by atoms with Crippen LogP contribution in [0, 0.1) is 0 Å². The first kappa shape index (κ1) is 11.1. The third kappa shape index (κ3) is 4.87. The van der Waals surface area contributed by atoms with Crippen LogP contribution in [0.2, 0.25) is 0 Å². The maximum atomic E-state index is 10.6. The predicted molar refractivity (Wildman–Crippen MR) is 43.5 cm³/mol. The van der Waals surface area contributed by atoms with E-state index in [-0.39, 0.29) is 12.8 Å². The number of aliphatic hydroxyl groups is 2. The number of carbonyl (C=O) groups is 1. The summed E-state index contributed by atoms with van der Waals surface area (Å²) in [6.45, 7) is 3.34. The highest BCUT2D eigenvalue weighted by molar-refractivity contribution is 5.69. The quantitative estimate of drug-likeness (QED) is 0.449. The van der Waals surface area contributed by atoms with Crippen LogP contribution in [0.4, 0.5) is 0 Å². The van der Waals surface area contributed by atoms with E-state index in [0.29, 0.717) is 0 Å². The van der Waals surface area contributed by atoms with Crippen molar-refractivity contribution in [2.45, 2.75) is 25.0 Å². The Bertz CT molecular complexity index is 155. The number of hydrogen-bond acceptors (Lipinski definition) is 4. The minimum Gasteiger partial charge on any atom is -0.469 e. The van der Waals surface area contributed by atoms with Crippen molar-refractivity contribution in [2.75, 3.05) is 7.11 Å². The lowest BCUT2D eigenvalue weighted by atomic mass is 10.1. The van der Waals surface area contributed by atoms with E-state index in [1.54, 1.807) is 0 Å². The molecule has 2 N–H and O–H groups in total. The first-order valence-electron chi connectivity index (χ1n) is 3.65. The zero-order chi connectivity index (χ0) is 9.56. The number of hydrogen-bond donors (Lipinski definition) is 2. The molecule has 0 bridgehead atoms. The number of methoxy groups -OCH3 is 1. The minimum atomic E-state index is -0.870. The Hall–Kier alpha value is -0.870. The van der Waals surface area contributed by atoms with Crippen LogP contribution in [0.25, 0.3) is 0 Å². The van der Waals surface area contributed by atoms with Crippen LogP contribution in [0.15, 0.2) is 12.7 Å². The molecule has 0 aromatic heterocycles. The summed E-state index contributed by atoms with van der Waals surface area (Å²) < 4.78 is 4.33. The molecule has 0 rings (SSSR count). The van der Waals surface area contributed by atoms with Crippen molar-refractivity contribution in [3.05, 3.63) is 12.7 Å². The van der Waals surface area contributed by atoms with E-state index in [4.69, 9.17) is 10.2 Å². The topological polar surface area (TPSA) is 66.8 Å². The lowest BCUT2D eigenvalue weighted by Crippen LogP contribution is -2.19. The van der Waals surface area contributed by atoms with Crippen molar-refractivity contribution in [3.63, 3.8) is 0 Å². The Morgan fingerprint density at radius 2 is 2.25 bits per heavy atom. The monoisotopic (exact) mass is 174 g/mol. The third-order valence-corrected chi connectivity index (χ3v) is 1.42. The van der Waals surface area contributed by atoms with E-state index in [9.17, 15) is 4.79 Å². The Morgan fingerprint density at radius 1 is 1.67 bits per heavy atom. The summed E-state index contributed by atoms with van der Waals surface area (Å²) in [4.78, 5) is 10.6. The van der Waals surface area contributed by atoms with Crippen LogP contribution in [-0.2, 0) is 9.53 Å². The Morgan fingerprint density at radius 3 is 2.67 bits per heavy atom. The zero-order valence-corrected chi connectivity index (χ0v) is 7.06. The summed E-state index contributed by atoms with van der Waals surface area (Å²) in [5.41, 5.74) is 0. The summed E-state index contributed by atoms with van der Waals surface area (Å²) >= 11 is 0. The molecule has 0 aromatic carbocycles. The fourth-order valence-electron chi connectivity index (χ4n) is 0.734. The molecule has 4 heteroatoms. The second-order valence-electron chi connectivity index (χ2n) is 2.47. The molecular weight excluding hydrogens is 160 g/mol. The van der Waals surface area contributed by atoms with Gasteiger partial charge in [0, 0.05) is 6.42 Å². The largest absolute Gasteiger partial charge is 0.469 e. The molecule has 0 spiro atoms. The fraction of sp³-hybridized carbons (Fsp3) is 0.625. The average Bonchev–Trinajstić information content (AvgIpc) is 2.03. The van der Waals surface area contributed by atoms with Gasteiger partial charge in [-0.2, -0.15) is 0 Å². The summed E-state index contributed by atoms with van der Waals surface area (Å²) in [6, 6.07) is 0. The predicted octanol–water partition coefficient (Wildman–Crippen LogP) is -0.153. The van der Waals surface area contributed by atoms with Crippen LogP contribution in [0.3, 0.4) is 0 Å². The van der Waals surface area contributed by atoms with Crippen molar-refractivity contribution in [1.29, 1.82) is 0 Å². The molecule has 12 heavy (non-hydrogen) atoms. The lowest BCUT2D eigenvalue weighted by Gasteiger charge is -2.10. The summed E-state index contributed by atoms with van der Waals surface area (Å²) in [7, 11) is 1.25. The van der Waals surface area contributed by atoms with Crippen molar-refractivity contribution >= 4 is 5.97 Å². The molecule has 0 aliphatic carbocycles. The number of rotatable bonds is 5. The lowest BCUT2D eigenvalue weighted by molar-refractivity contribution is -0.143. The molecule has 0 unspecified atom stereocenters. The number of esters is 1. The number of aliphatic hydroxyl groups excluding tert-OH is 2. The molecule has 0 aliphatic rings. The highest BCUT2D eigenvalue weighted by Gasteiger charge is 2.13. The van der Waals surface area contributed by atoms with Gasteiger partial charge in [0.05, 0.1) is 25.7 Å². The van der Waals surface area contributed by atoms with Gasteiger partial charge in [0.25, 0.3) is 0 Å². The van der Waals surface area contributed by atoms with Gasteiger partial charge in [-0.05, 0) is 0 Å². The first-order valence-corrected chi connectivity index (χ1v) is 3.65. The van der Waals surface area contributed by atoms with Gasteiger partial charge in [-0.15, -0.1) is 6.58 Å². The maximum Gasteiger partial charge on any atom is 0.308 e. The van der Waals surface area contributed by atoms with Gasteiger partial charge in [-0.3, -0.25) is 4.79 Å². The van der Waals surface area contributed by atoms with E-state index in [0.717, 1.165) is 0 Å². The fourth-order valence-corrected chi connectivity index (χ4v) is 0.734. The molecule has 0 fully saturated rings. The molecule has 70 valence electrons. The van der Waals surface area contributed by atoms with Crippen molar-refractivity contribution in [1.82, 2.24) is 0 Å². The van der Waals surface area contributed by atoms with Crippen molar-refractivity contribution in [2.24, 2.45) is 0 Å². The Balaban J connectivity index is 3.65. The average molecular weight is 174 g/mol. The zero-order valence-electron chi connectivity index (χ0n) is 7.06. The molecular formula is C8H14O4. The molecule has 0 aromatic rings. The van der Waals surface area contributed by atoms with E-state index in [1.165, 1.54) is 13.2 Å². The summed E-state index contributed by atoms with van der Waals surface area (Å²) in [5, 5.41) is 18.1. The third-order valence-electron chi connectivity index (χ3n) is 1.42. The Labute approximate surface area is 71.5 Å². The minimum absolute atomic E-state index is 0.0958. The van der Waals surface area contributed by atoms with Gasteiger partial charge >= 0.3 is 5.97 Å². The second kappa shape index (κ2) is 5.74. The normalized spacial score (nSPS) is 14.9. The summed E-state index contributed by atoms with van der Waals surface area (Å²) in [5.74, 6) is -0.487. The van der Waals surface area contributed by atoms with Crippen LogP contribution in [0.5, 0.6) is 0 Å². The highest BCUT2D eigenvalue weighted by Crippen LogP contribution is 2.03. The number of carbonyl (C=O) groups excluding carboxylic acids is 1. The molecule has 0 radical (unpaired) electrons. The summed E-state index contributed by atoms with van der Waals surface area (Å²) in [6.07, 6.45) is -0.323. The molecule has 0 amide bonds. The molecule has 2 atom stereocenters. The SMILES string of the molecule is C=C[C@@H](O)C[C@H](O)CC(=O)OC. The van der Waals surface area contributed by atoms with Gasteiger partial charge in [0.15, 0.2) is 0 Å². The molecule has 0 aliphatic heterocycles. The maximum absolute atomic E-state index is 10.6. The first-order chi connectivity index (χ1) is 5.60. The Kier molecular flexibility index (Phi) is 5.32. The molecule has 0 saturated heterocycles. The van der Waals surface area contributed by atoms with E-state index < -0.39 is 18.2 Å². The molecule has 0 heterocycles. The van der Waals surface area contributed by atoms with E-state index in [2.05, 4.69) is 11.3 Å². The van der Waals surface area contributed by atoms with E-state index >= 15 is 0 Å². The van der Waals surface area contributed by atoms with Gasteiger partial charge < -0.3 is 14.9 Å². The standard InChI is InChI=1S/C8H14O4/c1-3-6(9)4-7(10)5-8(11)12-2/h3,6-7,9-10H,1,4-5H2,2H3/t6-,7+/m1/s1. The second-order valence-corrected chi connectivity index (χ2v) is 2.47. The smallest absolute Gasteiger partial charge is 0.308 e. The van der Waals surface area contributed by atoms with Gasteiger partial charge in [0.1, 0.15) is 0 Å².